The Bertz CT molecular complexity index is 702. The van der Waals surface area contributed by atoms with Crippen LogP contribution in [-0.2, 0) is 16.6 Å². The van der Waals surface area contributed by atoms with Crippen LogP contribution >= 0.6 is 34.5 Å². The summed E-state index contributed by atoms with van der Waals surface area (Å²) in [6.07, 6.45) is 0. The Balaban J connectivity index is 2.35. The molecule has 0 amide bonds. The molecule has 21 heavy (non-hydrogen) atoms. The lowest BCUT2D eigenvalue weighted by Gasteiger charge is -2.21. The van der Waals surface area contributed by atoms with Crippen LogP contribution in [-0.4, -0.2) is 25.8 Å². The van der Waals surface area contributed by atoms with Gasteiger partial charge in [-0.3, -0.25) is 0 Å². The third-order valence-electron chi connectivity index (χ3n) is 2.82. The summed E-state index contributed by atoms with van der Waals surface area (Å²) in [4.78, 5) is 0.0311. The molecule has 4 nitrogen and oxygen atoms in total. The van der Waals surface area contributed by atoms with Crippen LogP contribution < -0.4 is 5.73 Å². The van der Waals surface area contributed by atoms with E-state index in [2.05, 4.69) is 0 Å². The Hall–Kier alpha value is -0.630. The molecule has 0 radical (unpaired) electrons. The van der Waals surface area contributed by atoms with E-state index in [1.807, 2.05) is 30.3 Å². The smallest absolute Gasteiger partial charge is 0.245 e. The minimum atomic E-state index is -3.72. The lowest BCUT2D eigenvalue weighted by Crippen LogP contribution is -2.34. The molecule has 0 atom stereocenters. The number of thiophene rings is 1. The van der Waals surface area contributed by atoms with Crippen LogP contribution in [0.15, 0.2) is 41.3 Å². The van der Waals surface area contributed by atoms with Gasteiger partial charge in [0.15, 0.2) is 0 Å². The van der Waals surface area contributed by atoms with Crippen molar-refractivity contribution in [1.82, 2.24) is 4.31 Å². The van der Waals surface area contributed by atoms with E-state index in [-0.39, 0.29) is 28.9 Å². The molecule has 2 aromatic rings. The first-order valence-corrected chi connectivity index (χ1v) is 9.15. The van der Waals surface area contributed by atoms with Gasteiger partial charge in [-0.1, -0.05) is 53.5 Å². The standard InChI is InChI=1S/C13H14Cl2N2O2S2/c14-12-8-11(13(15)20-12)21(18,19)17(7-6-16)9-10-4-2-1-3-5-10/h1-5,8H,6-7,9,16H2. The van der Waals surface area contributed by atoms with Crippen LogP contribution in [0.25, 0.3) is 0 Å². The SMILES string of the molecule is NCCN(Cc1ccccc1)S(=O)(=O)c1cc(Cl)sc1Cl. The van der Waals surface area contributed by atoms with Gasteiger partial charge in [-0.15, -0.1) is 11.3 Å². The number of sulfonamides is 1. The summed E-state index contributed by atoms with van der Waals surface area (Å²) in [5.74, 6) is 0. The molecule has 1 aromatic heterocycles. The quantitative estimate of drug-likeness (QED) is 0.855. The van der Waals surface area contributed by atoms with Crippen LogP contribution in [0, 0.1) is 0 Å². The van der Waals surface area contributed by atoms with Crippen molar-refractivity contribution in [2.75, 3.05) is 13.1 Å². The van der Waals surface area contributed by atoms with E-state index < -0.39 is 10.0 Å². The average Bonchev–Trinajstić information content (AvgIpc) is 2.79. The maximum absolute atomic E-state index is 12.7. The molecule has 1 heterocycles. The van der Waals surface area contributed by atoms with E-state index in [0.29, 0.717) is 4.34 Å². The summed E-state index contributed by atoms with van der Waals surface area (Å²) in [5.41, 5.74) is 6.42. The number of halogens is 2. The molecule has 0 fully saturated rings. The predicted molar refractivity (Wildman–Crippen MR) is 87.4 cm³/mol. The van der Waals surface area contributed by atoms with Gasteiger partial charge in [-0.2, -0.15) is 4.31 Å². The van der Waals surface area contributed by atoms with Crippen molar-refractivity contribution in [3.05, 3.63) is 50.6 Å². The first-order chi connectivity index (χ1) is 9.95. The Kier molecular flexibility index (Phi) is 5.65. The van der Waals surface area contributed by atoms with E-state index in [4.69, 9.17) is 28.9 Å². The number of benzene rings is 1. The Morgan fingerprint density at radius 1 is 1.19 bits per heavy atom. The molecule has 0 saturated heterocycles. The number of nitrogens with two attached hydrogens (primary N) is 1. The van der Waals surface area contributed by atoms with Crippen molar-refractivity contribution in [1.29, 1.82) is 0 Å². The van der Waals surface area contributed by atoms with Gasteiger partial charge in [0.2, 0.25) is 10.0 Å². The van der Waals surface area contributed by atoms with Crippen LogP contribution in [0.3, 0.4) is 0 Å². The molecule has 0 saturated carbocycles. The number of hydrogen-bond acceptors (Lipinski definition) is 4. The van der Waals surface area contributed by atoms with E-state index in [1.165, 1.54) is 10.4 Å². The van der Waals surface area contributed by atoms with Gasteiger partial charge in [0.25, 0.3) is 0 Å². The average molecular weight is 365 g/mol. The normalized spacial score (nSPS) is 12.0. The molecule has 8 heteroatoms. The van der Waals surface area contributed by atoms with Crippen molar-refractivity contribution in [3.63, 3.8) is 0 Å². The molecular weight excluding hydrogens is 351 g/mol. The molecule has 0 aliphatic carbocycles. The van der Waals surface area contributed by atoms with Crippen molar-refractivity contribution >= 4 is 44.6 Å². The highest BCUT2D eigenvalue weighted by atomic mass is 35.5. The third-order valence-corrected chi connectivity index (χ3v) is 6.42. The maximum Gasteiger partial charge on any atom is 0.245 e. The maximum atomic E-state index is 12.7. The zero-order chi connectivity index (χ0) is 15.5. The van der Waals surface area contributed by atoms with E-state index in [9.17, 15) is 8.42 Å². The Labute approximate surface area is 138 Å². The highest BCUT2D eigenvalue weighted by Gasteiger charge is 2.28. The first-order valence-electron chi connectivity index (χ1n) is 6.14. The predicted octanol–water partition coefficient (Wildman–Crippen LogP) is 3.20. The van der Waals surface area contributed by atoms with Gasteiger partial charge in [-0.05, 0) is 11.6 Å². The Morgan fingerprint density at radius 3 is 2.38 bits per heavy atom. The van der Waals surface area contributed by atoms with Crippen molar-refractivity contribution < 1.29 is 8.42 Å². The first kappa shape index (κ1) is 16.7. The molecule has 114 valence electrons. The van der Waals surface area contributed by atoms with Crippen molar-refractivity contribution in [2.24, 2.45) is 5.73 Å². The molecule has 0 aliphatic rings. The van der Waals surface area contributed by atoms with E-state index in [0.717, 1.165) is 16.9 Å². The molecule has 0 spiro atoms. The summed E-state index contributed by atoms with van der Waals surface area (Å²) in [6, 6.07) is 10.7. The second-order valence-corrected chi connectivity index (χ2v) is 8.49. The largest absolute Gasteiger partial charge is 0.329 e. The summed E-state index contributed by atoms with van der Waals surface area (Å²) in [7, 11) is -3.72. The van der Waals surface area contributed by atoms with Crippen LogP contribution in [0.2, 0.25) is 8.67 Å². The molecule has 1 aromatic carbocycles. The Morgan fingerprint density at radius 2 is 1.86 bits per heavy atom. The lowest BCUT2D eigenvalue weighted by atomic mass is 10.2. The van der Waals surface area contributed by atoms with Gasteiger partial charge in [0, 0.05) is 19.6 Å². The van der Waals surface area contributed by atoms with E-state index >= 15 is 0 Å². The number of nitrogens with zero attached hydrogens (tertiary/aromatic N) is 1. The fourth-order valence-corrected chi connectivity index (χ4v) is 5.41. The van der Waals surface area contributed by atoms with Crippen molar-refractivity contribution in [3.8, 4) is 0 Å². The topological polar surface area (TPSA) is 63.4 Å². The van der Waals surface area contributed by atoms with Crippen LogP contribution in [0.5, 0.6) is 0 Å². The molecule has 2 N–H and O–H groups in total. The summed E-state index contributed by atoms with van der Waals surface area (Å²) in [5, 5.41) is 0. The summed E-state index contributed by atoms with van der Waals surface area (Å²) in [6.45, 7) is 0.673. The minimum absolute atomic E-state index is 0.0311. The van der Waals surface area contributed by atoms with Gasteiger partial charge < -0.3 is 5.73 Å². The minimum Gasteiger partial charge on any atom is -0.329 e. The number of rotatable bonds is 6. The monoisotopic (exact) mass is 364 g/mol. The van der Waals surface area contributed by atoms with Crippen LogP contribution in [0.4, 0.5) is 0 Å². The molecule has 0 unspecified atom stereocenters. The summed E-state index contributed by atoms with van der Waals surface area (Å²) < 4.78 is 27.2. The van der Waals surface area contributed by atoms with Gasteiger partial charge in [0.05, 0.1) is 4.34 Å². The van der Waals surface area contributed by atoms with Gasteiger partial charge in [-0.25, -0.2) is 8.42 Å². The molecular formula is C13H14Cl2N2O2S2. The second kappa shape index (κ2) is 7.09. The highest BCUT2D eigenvalue weighted by molar-refractivity contribution is 7.89. The van der Waals surface area contributed by atoms with Gasteiger partial charge >= 0.3 is 0 Å². The number of hydrogen-bond donors (Lipinski definition) is 1. The summed E-state index contributed by atoms with van der Waals surface area (Å²) >= 11 is 12.8. The molecule has 0 aliphatic heterocycles. The zero-order valence-corrected chi connectivity index (χ0v) is 14.1. The molecule has 0 bridgehead atoms. The fourth-order valence-electron chi connectivity index (χ4n) is 1.86. The van der Waals surface area contributed by atoms with E-state index in [1.54, 1.807) is 0 Å². The van der Waals surface area contributed by atoms with Gasteiger partial charge in [0.1, 0.15) is 9.23 Å². The highest BCUT2D eigenvalue weighted by Crippen LogP contribution is 2.36. The second-order valence-electron chi connectivity index (χ2n) is 4.30. The third kappa shape index (κ3) is 3.97. The lowest BCUT2D eigenvalue weighted by molar-refractivity contribution is 0.414. The van der Waals surface area contributed by atoms with Crippen LogP contribution in [0.1, 0.15) is 5.56 Å². The fraction of sp³-hybridized carbons (Fsp3) is 0.231. The molecule has 2 rings (SSSR count). The van der Waals surface area contributed by atoms with Crippen molar-refractivity contribution in [2.45, 2.75) is 11.4 Å². The zero-order valence-electron chi connectivity index (χ0n) is 11.0.